The van der Waals surface area contributed by atoms with Crippen molar-refractivity contribution < 1.29 is 8.42 Å². The van der Waals surface area contributed by atoms with E-state index in [1.807, 2.05) is 0 Å². The van der Waals surface area contributed by atoms with Crippen molar-refractivity contribution in [2.45, 2.75) is 10.7 Å². The van der Waals surface area contributed by atoms with E-state index in [0.29, 0.717) is 0 Å². The van der Waals surface area contributed by atoms with Gasteiger partial charge in [0.1, 0.15) is 10.7 Å². The predicted molar refractivity (Wildman–Crippen MR) is 45.3 cm³/mol. The molecular formula is C6H12N2O2S. The molecule has 0 spiro atoms. The van der Waals surface area contributed by atoms with Gasteiger partial charge in [0.2, 0.25) is 0 Å². The molecule has 0 aliphatic carbocycles. The van der Waals surface area contributed by atoms with Gasteiger partial charge in [0, 0.05) is 0 Å². The summed E-state index contributed by atoms with van der Waals surface area (Å²) in [6.07, 6.45) is 2.25. The van der Waals surface area contributed by atoms with Gasteiger partial charge in [-0.25, -0.2) is 8.42 Å². The summed E-state index contributed by atoms with van der Waals surface area (Å²) in [5, 5.41) is -2.23. The molecule has 0 fully saturated rings. The first-order chi connectivity index (χ1) is 4.96. The van der Waals surface area contributed by atoms with Crippen LogP contribution in [0.4, 0.5) is 0 Å². The van der Waals surface area contributed by atoms with E-state index >= 15 is 0 Å². The fraction of sp³-hybridized carbons (Fsp3) is 0.333. The fourth-order valence-corrected chi connectivity index (χ4v) is 1.35. The molecule has 5 heteroatoms. The Kier molecular flexibility index (Phi) is 3.44. The van der Waals surface area contributed by atoms with Crippen molar-refractivity contribution in [1.29, 1.82) is 0 Å². The van der Waals surface area contributed by atoms with Crippen molar-refractivity contribution in [1.82, 2.24) is 0 Å². The highest BCUT2D eigenvalue weighted by molar-refractivity contribution is 7.92. The van der Waals surface area contributed by atoms with Crippen LogP contribution in [0.3, 0.4) is 0 Å². The maximum atomic E-state index is 11.1. The molecule has 4 nitrogen and oxygen atoms in total. The molecule has 0 bridgehead atoms. The number of nitrogens with two attached hydrogens (primary N) is 2. The molecule has 64 valence electrons. The molecule has 11 heavy (non-hydrogen) atoms. The van der Waals surface area contributed by atoms with Crippen LogP contribution >= 0.6 is 0 Å². The molecule has 0 aromatic carbocycles. The standard InChI is InChI=1S/C6H12N2O2S/c1-3-5(7)11(9,10)6(8)4-2/h3-6H,1-2,7-8H2. The first-order valence-corrected chi connectivity index (χ1v) is 4.56. The van der Waals surface area contributed by atoms with Gasteiger partial charge in [-0.3, -0.25) is 0 Å². The first-order valence-electron chi connectivity index (χ1n) is 2.95. The fourth-order valence-electron chi connectivity index (χ4n) is 0.450. The van der Waals surface area contributed by atoms with Crippen molar-refractivity contribution in [2.75, 3.05) is 0 Å². The van der Waals surface area contributed by atoms with Crippen LogP contribution in [-0.4, -0.2) is 19.2 Å². The summed E-state index contributed by atoms with van der Waals surface area (Å²) in [4.78, 5) is 0. The molecule has 2 unspecified atom stereocenters. The van der Waals surface area contributed by atoms with E-state index in [0.717, 1.165) is 12.2 Å². The Morgan fingerprint density at radius 2 is 1.36 bits per heavy atom. The predicted octanol–water partition coefficient (Wildman–Crippen LogP) is -0.657. The summed E-state index contributed by atoms with van der Waals surface area (Å²) in [5.74, 6) is 0. The second-order valence-corrected chi connectivity index (χ2v) is 4.26. The zero-order valence-electron chi connectivity index (χ0n) is 6.10. The van der Waals surface area contributed by atoms with Crippen LogP contribution in [0.15, 0.2) is 25.3 Å². The monoisotopic (exact) mass is 176 g/mol. The molecule has 0 amide bonds. The number of rotatable bonds is 4. The molecule has 4 N–H and O–H groups in total. The van der Waals surface area contributed by atoms with Gasteiger partial charge in [0.05, 0.1) is 0 Å². The maximum Gasteiger partial charge on any atom is 0.188 e. The average Bonchev–Trinajstić information content (AvgIpc) is 2.01. The number of hydrogen-bond donors (Lipinski definition) is 2. The van der Waals surface area contributed by atoms with E-state index in [4.69, 9.17) is 11.5 Å². The van der Waals surface area contributed by atoms with Crippen molar-refractivity contribution in [3.63, 3.8) is 0 Å². The Morgan fingerprint density at radius 3 is 1.55 bits per heavy atom. The molecule has 0 heterocycles. The summed E-state index contributed by atoms with van der Waals surface area (Å²) in [5.41, 5.74) is 10.4. The summed E-state index contributed by atoms with van der Waals surface area (Å²) >= 11 is 0. The molecule has 0 aliphatic heterocycles. The maximum absolute atomic E-state index is 11.1. The summed E-state index contributed by atoms with van der Waals surface area (Å²) in [7, 11) is -3.52. The third-order valence-corrected chi connectivity index (χ3v) is 3.13. The number of hydrogen-bond acceptors (Lipinski definition) is 4. The zero-order chi connectivity index (χ0) is 9.07. The van der Waals surface area contributed by atoms with E-state index < -0.39 is 20.6 Å². The molecule has 0 saturated heterocycles. The Bertz CT molecular complexity index is 225. The molecule has 0 saturated carbocycles. The Morgan fingerprint density at radius 1 is 1.09 bits per heavy atom. The van der Waals surface area contributed by atoms with Gasteiger partial charge in [-0.05, 0) is 0 Å². The van der Waals surface area contributed by atoms with Gasteiger partial charge in [0.25, 0.3) is 0 Å². The van der Waals surface area contributed by atoms with Crippen LogP contribution in [0.25, 0.3) is 0 Å². The van der Waals surface area contributed by atoms with Crippen molar-refractivity contribution >= 4 is 9.84 Å². The molecular weight excluding hydrogens is 164 g/mol. The van der Waals surface area contributed by atoms with Gasteiger partial charge < -0.3 is 11.5 Å². The van der Waals surface area contributed by atoms with Crippen LogP contribution in [0.5, 0.6) is 0 Å². The molecule has 0 radical (unpaired) electrons. The third-order valence-electron chi connectivity index (χ3n) is 1.22. The molecule has 0 aromatic rings. The Balaban J connectivity index is 4.73. The van der Waals surface area contributed by atoms with Gasteiger partial charge in [-0.1, -0.05) is 12.2 Å². The van der Waals surface area contributed by atoms with E-state index in [-0.39, 0.29) is 0 Å². The van der Waals surface area contributed by atoms with Crippen LogP contribution < -0.4 is 11.5 Å². The third kappa shape index (κ3) is 2.14. The van der Waals surface area contributed by atoms with Crippen LogP contribution in [-0.2, 0) is 9.84 Å². The lowest BCUT2D eigenvalue weighted by Gasteiger charge is -2.11. The second kappa shape index (κ2) is 3.66. The smallest absolute Gasteiger partial charge is 0.188 e. The van der Waals surface area contributed by atoms with Crippen molar-refractivity contribution in [3.05, 3.63) is 25.3 Å². The Labute approximate surface area is 66.5 Å². The quantitative estimate of drug-likeness (QED) is 0.557. The van der Waals surface area contributed by atoms with Gasteiger partial charge in [-0.15, -0.1) is 13.2 Å². The molecule has 0 aromatic heterocycles. The van der Waals surface area contributed by atoms with Gasteiger partial charge >= 0.3 is 0 Å². The lowest BCUT2D eigenvalue weighted by molar-refractivity contribution is 0.583. The van der Waals surface area contributed by atoms with Crippen molar-refractivity contribution in [3.8, 4) is 0 Å². The minimum Gasteiger partial charge on any atom is -0.312 e. The second-order valence-electron chi connectivity index (χ2n) is 1.99. The normalized spacial score (nSPS) is 16.9. The highest BCUT2D eigenvalue weighted by Crippen LogP contribution is 2.02. The van der Waals surface area contributed by atoms with E-state index in [1.165, 1.54) is 0 Å². The first kappa shape index (κ1) is 10.3. The van der Waals surface area contributed by atoms with Crippen LogP contribution in [0.1, 0.15) is 0 Å². The summed E-state index contributed by atoms with van der Waals surface area (Å²) in [6.45, 7) is 6.50. The highest BCUT2D eigenvalue weighted by atomic mass is 32.2. The minimum atomic E-state index is -3.52. The van der Waals surface area contributed by atoms with E-state index in [2.05, 4.69) is 13.2 Å². The topological polar surface area (TPSA) is 86.2 Å². The summed E-state index contributed by atoms with van der Waals surface area (Å²) < 4.78 is 22.2. The van der Waals surface area contributed by atoms with Crippen LogP contribution in [0, 0.1) is 0 Å². The SMILES string of the molecule is C=CC(N)S(=O)(=O)C(N)C=C. The van der Waals surface area contributed by atoms with Crippen molar-refractivity contribution in [2.24, 2.45) is 11.5 Å². The van der Waals surface area contributed by atoms with E-state index in [9.17, 15) is 8.42 Å². The van der Waals surface area contributed by atoms with E-state index in [1.54, 1.807) is 0 Å². The van der Waals surface area contributed by atoms with Crippen LogP contribution in [0.2, 0.25) is 0 Å². The van der Waals surface area contributed by atoms with Gasteiger partial charge in [0.15, 0.2) is 9.84 Å². The largest absolute Gasteiger partial charge is 0.312 e. The zero-order valence-corrected chi connectivity index (χ0v) is 6.92. The summed E-state index contributed by atoms with van der Waals surface area (Å²) in [6, 6.07) is 0. The minimum absolute atomic E-state index is 1.12. The highest BCUT2D eigenvalue weighted by Gasteiger charge is 2.23. The molecule has 0 aliphatic rings. The Hall–Kier alpha value is -0.650. The van der Waals surface area contributed by atoms with Gasteiger partial charge in [-0.2, -0.15) is 0 Å². The lowest BCUT2D eigenvalue weighted by Crippen LogP contribution is -2.40. The molecule has 2 atom stereocenters. The average molecular weight is 176 g/mol. The number of sulfone groups is 1. The molecule has 0 rings (SSSR count). The lowest BCUT2D eigenvalue weighted by atomic mass is 10.6.